The predicted octanol–water partition coefficient (Wildman–Crippen LogP) is 2.09. The zero-order chi connectivity index (χ0) is 17.6. The van der Waals surface area contributed by atoms with E-state index >= 15 is 0 Å². The zero-order valence-electron chi connectivity index (χ0n) is 14.3. The maximum Gasteiger partial charge on any atom is 0.165 e. The molecule has 0 spiro atoms. The van der Waals surface area contributed by atoms with Crippen LogP contribution in [0.2, 0.25) is 0 Å². The van der Waals surface area contributed by atoms with E-state index in [2.05, 4.69) is 14.9 Å². The summed E-state index contributed by atoms with van der Waals surface area (Å²) in [5.74, 6) is 1.48. The van der Waals surface area contributed by atoms with Crippen molar-refractivity contribution >= 4 is 11.6 Å². The van der Waals surface area contributed by atoms with Gasteiger partial charge in [0.2, 0.25) is 0 Å². The van der Waals surface area contributed by atoms with E-state index in [1.54, 1.807) is 18.2 Å². The molecule has 1 aliphatic rings. The summed E-state index contributed by atoms with van der Waals surface area (Å²) in [6.07, 6.45) is 3.56. The minimum Gasteiger partial charge on any atom is -0.489 e. The first kappa shape index (κ1) is 17.4. The number of aliphatic hydroxyl groups excluding tert-OH is 1. The molecule has 1 aliphatic heterocycles. The van der Waals surface area contributed by atoms with Gasteiger partial charge in [0.25, 0.3) is 0 Å². The lowest BCUT2D eigenvalue weighted by atomic mass is 10.2. The number of halogens is 1. The Morgan fingerprint density at radius 3 is 3.00 bits per heavy atom. The molecule has 0 amide bonds. The Morgan fingerprint density at radius 1 is 1.36 bits per heavy atom. The van der Waals surface area contributed by atoms with Crippen molar-refractivity contribution in [3.8, 4) is 5.75 Å². The van der Waals surface area contributed by atoms with E-state index in [1.807, 2.05) is 18.0 Å². The van der Waals surface area contributed by atoms with E-state index < -0.39 is 0 Å². The van der Waals surface area contributed by atoms with Crippen LogP contribution in [0.15, 0.2) is 36.7 Å². The Labute approximate surface area is 146 Å². The van der Waals surface area contributed by atoms with Gasteiger partial charge in [0.15, 0.2) is 11.6 Å². The first-order valence-electron chi connectivity index (χ1n) is 8.47. The van der Waals surface area contributed by atoms with E-state index in [9.17, 15) is 9.50 Å². The summed E-state index contributed by atoms with van der Waals surface area (Å²) in [6.45, 7) is 1.93. The molecule has 6 nitrogen and oxygen atoms in total. The van der Waals surface area contributed by atoms with Crippen molar-refractivity contribution in [2.45, 2.75) is 18.9 Å². The highest BCUT2D eigenvalue weighted by Gasteiger charge is 2.25. The Hall–Kier alpha value is -2.41. The van der Waals surface area contributed by atoms with E-state index in [-0.39, 0.29) is 24.2 Å². The van der Waals surface area contributed by atoms with Crippen molar-refractivity contribution in [1.82, 2.24) is 9.97 Å². The van der Waals surface area contributed by atoms with Gasteiger partial charge in [-0.25, -0.2) is 14.4 Å². The summed E-state index contributed by atoms with van der Waals surface area (Å²) >= 11 is 0. The largest absolute Gasteiger partial charge is 0.489 e. The molecule has 25 heavy (non-hydrogen) atoms. The van der Waals surface area contributed by atoms with E-state index in [0.717, 1.165) is 31.0 Å². The third-order valence-corrected chi connectivity index (χ3v) is 4.43. The summed E-state index contributed by atoms with van der Waals surface area (Å²) < 4.78 is 19.0. The van der Waals surface area contributed by atoms with Crippen LogP contribution in [0.5, 0.6) is 5.75 Å². The molecular weight excluding hydrogens is 323 g/mol. The molecule has 134 valence electrons. The molecule has 0 radical (unpaired) electrons. The van der Waals surface area contributed by atoms with E-state index in [1.165, 1.54) is 12.4 Å². The maximum atomic E-state index is 13.5. The number of ether oxygens (including phenoxy) is 1. The Balaban J connectivity index is 1.60. The average Bonchev–Trinajstić information content (AvgIpc) is 3.12. The lowest BCUT2D eigenvalue weighted by molar-refractivity contribution is 0.266. The smallest absolute Gasteiger partial charge is 0.165 e. The summed E-state index contributed by atoms with van der Waals surface area (Å²) in [6, 6.07) is 8.40. The number of hydrogen-bond acceptors (Lipinski definition) is 6. The predicted molar refractivity (Wildman–Crippen MR) is 94.7 cm³/mol. The van der Waals surface area contributed by atoms with Crippen molar-refractivity contribution in [3.05, 3.63) is 42.5 Å². The molecule has 1 saturated heterocycles. The molecule has 0 aliphatic carbocycles. The molecule has 1 N–H and O–H groups in total. The SMILES string of the molecule is CN(CCOc1ccccc1F)c1cc(N2CCC[C@@H]2CO)ncn1. The number of rotatable bonds is 7. The van der Waals surface area contributed by atoms with Crippen LogP contribution in [0.4, 0.5) is 16.0 Å². The molecule has 1 atom stereocenters. The summed E-state index contributed by atoms with van der Waals surface area (Å²) in [4.78, 5) is 12.7. The van der Waals surface area contributed by atoms with Gasteiger partial charge in [-0.1, -0.05) is 12.1 Å². The number of aromatic nitrogens is 2. The highest BCUT2D eigenvalue weighted by Crippen LogP contribution is 2.25. The number of para-hydroxylation sites is 1. The number of benzene rings is 1. The van der Waals surface area contributed by atoms with Crippen LogP contribution in [0.3, 0.4) is 0 Å². The minimum absolute atomic E-state index is 0.123. The van der Waals surface area contributed by atoms with Crippen molar-refractivity contribution < 1.29 is 14.2 Å². The molecular formula is C18H23FN4O2. The first-order valence-corrected chi connectivity index (χ1v) is 8.47. The standard InChI is InChI=1S/C18H23FN4O2/c1-22(9-10-25-16-7-3-2-6-15(16)19)17-11-18(21-13-20-17)23-8-4-5-14(23)12-24/h2-3,6-7,11,13-14,24H,4-5,8-10,12H2,1H3/t14-/m1/s1. The van der Waals surface area contributed by atoms with Gasteiger partial charge in [0.1, 0.15) is 24.6 Å². The second-order valence-corrected chi connectivity index (χ2v) is 6.11. The van der Waals surface area contributed by atoms with Gasteiger partial charge in [-0.2, -0.15) is 0 Å². The van der Waals surface area contributed by atoms with Crippen LogP contribution in [0.25, 0.3) is 0 Å². The third-order valence-electron chi connectivity index (χ3n) is 4.43. The van der Waals surface area contributed by atoms with Gasteiger partial charge in [-0.15, -0.1) is 0 Å². The lowest BCUT2D eigenvalue weighted by Crippen LogP contribution is -2.33. The summed E-state index contributed by atoms with van der Waals surface area (Å²) in [5.41, 5.74) is 0. The molecule has 1 fully saturated rings. The van der Waals surface area contributed by atoms with Crippen molar-refractivity contribution in [2.24, 2.45) is 0 Å². The highest BCUT2D eigenvalue weighted by molar-refractivity contribution is 5.51. The fourth-order valence-corrected chi connectivity index (χ4v) is 3.00. The second kappa shape index (κ2) is 8.11. The first-order chi connectivity index (χ1) is 12.2. The molecule has 3 rings (SSSR count). The van der Waals surface area contributed by atoms with Crippen LogP contribution in [-0.4, -0.2) is 54.5 Å². The lowest BCUT2D eigenvalue weighted by Gasteiger charge is -2.25. The maximum absolute atomic E-state index is 13.5. The Bertz CT molecular complexity index is 700. The third kappa shape index (κ3) is 4.17. The normalized spacial score (nSPS) is 16.9. The van der Waals surface area contributed by atoms with Crippen LogP contribution >= 0.6 is 0 Å². The molecule has 0 unspecified atom stereocenters. The Kier molecular flexibility index (Phi) is 5.65. The molecule has 7 heteroatoms. The fourth-order valence-electron chi connectivity index (χ4n) is 3.00. The molecule has 0 saturated carbocycles. The average molecular weight is 346 g/mol. The number of likely N-dealkylation sites (N-methyl/N-ethyl adjacent to an activating group) is 1. The van der Waals surface area contributed by atoms with Crippen LogP contribution in [0, 0.1) is 5.82 Å². The van der Waals surface area contributed by atoms with Crippen molar-refractivity contribution in [1.29, 1.82) is 0 Å². The van der Waals surface area contributed by atoms with Crippen LogP contribution in [0.1, 0.15) is 12.8 Å². The molecule has 1 aromatic carbocycles. The molecule has 2 aromatic rings. The highest BCUT2D eigenvalue weighted by atomic mass is 19.1. The van der Waals surface area contributed by atoms with Gasteiger partial charge in [0, 0.05) is 19.7 Å². The summed E-state index contributed by atoms with van der Waals surface area (Å²) in [7, 11) is 1.91. The molecule has 2 heterocycles. The number of hydrogen-bond donors (Lipinski definition) is 1. The topological polar surface area (TPSA) is 61.7 Å². The summed E-state index contributed by atoms with van der Waals surface area (Å²) in [5, 5.41) is 9.48. The molecule has 0 bridgehead atoms. The van der Waals surface area contributed by atoms with Gasteiger partial charge >= 0.3 is 0 Å². The number of aliphatic hydroxyl groups is 1. The van der Waals surface area contributed by atoms with E-state index in [0.29, 0.717) is 13.2 Å². The van der Waals surface area contributed by atoms with E-state index in [4.69, 9.17) is 4.74 Å². The second-order valence-electron chi connectivity index (χ2n) is 6.11. The van der Waals surface area contributed by atoms with Crippen LogP contribution in [-0.2, 0) is 0 Å². The van der Waals surface area contributed by atoms with Gasteiger partial charge < -0.3 is 19.6 Å². The van der Waals surface area contributed by atoms with Gasteiger partial charge in [-0.05, 0) is 25.0 Å². The fraction of sp³-hybridized carbons (Fsp3) is 0.444. The van der Waals surface area contributed by atoms with Crippen LogP contribution < -0.4 is 14.5 Å². The Morgan fingerprint density at radius 2 is 2.20 bits per heavy atom. The number of nitrogens with zero attached hydrogens (tertiary/aromatic N) is 4. The monoisotopic (exact) mass is 346 g/mol. The van der Waals surface area contributed by atoms with Crippen molar-refractivity contribution in [2.75, 3.05) is 43.2 Å². The molecule has 1 aromatic heterocycles. The minimum atomic E-state index is -0.362. The quantitative estimate of drug-likeness (QED) is 0.828. The number of anilines is 2. The zero-order valence-corrected chi connectivity index (χ0v) is 14.3. The van der Waals surface area contributed by atoms with Gasteiger partial charge in [-0.3, -0.25) is 0 Å². The van der Waals surface area contributed by atoms with Crippen molar-refractivity contribution in [3.63, 3.8) is 0 Å². The van der Waals surface area contributed by atoms with Gasteiger partial charge in [0.05, 0.1) is 19.2 Å².